The highest BCUT2D eigenvalue weighted by atomic mass is 16.3. The largest absolute Gasteiger partial charge is 0.495 e. The van der Waals surface area contributed by atoms with E-state index in [4.69, 9.17) is 0 Å². The summed E-state index contributed by atoms with van der Waals surface area (Å²) >= 11 is 0. The van der Waals surface area contributed by atoms with Crippen molar-refractivity contribution < 1.29 is 10.2 Å². The third-order valence-electron chi connectivity index (χ3n) is 3.41. The first-order valence-electron chi connectivity index (χ1n) is 7.02. The van der Waals surface area contributed by atoms with Gasteiger partial charge in [0.25, 0.3) is 0 Å². The van der Waals surface area contributed by atoms with Crippen LogP contribution in [0.3, 0.4) is 0 Å². The predicted molar refractivity (Wildman–Crippen MR) is 84.6 cm³/mol. The number of aromatic nitrogens is 3. The van der Waals surface area contributed by atoms with Crippen molar-refractivity contribution in [3.8, 4) is 11.8 Å². The Morgan fingerprint density at radius 3 is 2.64 bits per heavy atom. The lowest BCUT2D eigenvalue weighted by molar-refractivity contribution is 0.423. The zero-order valence-corrected chi connectivity index (χ0v) is 12.0. The Bertz CT molecular complexity index is 756. The summed E-state index contributed by atoms with van der Waals surface area (Å²) in [5, 5.41) is 18.8. The smallest absolute Gasteiger partial charge is 0.194 e. The van der Waals surface area contributed by atoms with E-state index in [9.17, 15) is 10.2 Å². The minimum atomic E-state index is -0.0234. The first-order chi connectivity index (χ1) is 10.7. The number of aromatic hydroxyl groups is 2. The monoisotopic (exact) mass is 295 g/mol. The molecule has 5 heteroatoms. The molecular weight excluding hydrogens is 278 g/mol. The third-order valence-corrected chi connectivity index (χ3v) is 3.41. The van der Waals surface area contributed by atoms with Gasteiger partial charge in [-0.25, -0.2) is 4.98 Å². The van der Waals surface area contributed by atoms with Crippen LogP contribution in [0.2, 0.25) is 0 Å². The Kier molecular flexibility index (Phi) is 3.96. The molecule has 112 valence electrons. The number of nitrogens with zero attached hydrogens (tertiary/aromatic N) is 2. The molecule has 0 aliphatic carbocycles. The van der Waals surface area contributed by atoms with Gasteiger partial charge >= 0.3 is 0 Å². The number of imidazole rings is 1. The van der Waals surface area contributed by atoms with Crippen molar-refractivity contribution >= 4 is 6.08 Å². The highest BCUT2D eigenvalue weighted by Crippen LogP contribution is 2.22. The highest BCUT2D eigenvalue weighted by Gasteiger charge is 2.03. The Morgan fingerprint density at radius 2 is 2.00 bits per heavy atom. The second kappa shape index (κ2) is 6.22. The van der Waals surface area contributed by atoms with Crippen LogP contribution in [0.15, 0.2) is 55.1 Å². The number of H-pyrrole nitrogens is 1. The maximum absolute atomic E-state index is 9.53. The van der Waals surface area contributed by atoms with Crippen molar-refractivity contribution in [2.45, 2.75) is 13.0 Å². The van der Waals surface area contributed by atoms with Crippen molar-refractivity contribution in [1.82, 2.24) is 14.5 Å². The predicted octanol–water partition coefficient (Wildman–Crippen LogP) is 2.93. The molecule has 3 rings (SSSR count). The Hall–Kier alpha value is -2.95. The minimum Gasteiger partial charge on any atom is -0.495 e. The maximum atomic E-state index is 9.53. The molecule has 0 atom stereocenters. The summed E-state index contributed by atoms with van der Waals surface area (Å²) in [4.78, 5) is 6.48. The molecule has 0 amide bonds. The lowest BCUT2D eigenvalue weighted by Gasteiger charge is -2.02. The van der Waals surface area contributed by atoms with Gasteiger partial charge in [-0.05, 0) is 17.5 Å². The number of aromatic amines is 1. The van der Waals surface area contributed by atoms with E-state index in [2.05, 4.69) is 34.2 Å². The summed E-state index contributed by atoms with van der Waals surface area (Å²) in [6, 6.07) is 9.79. The van der Waals surface area contributed by atoms with Crippen LogP contribution in [0, 0.1) is 0 Å². The van der Waals surface area contributed by atoms with E-state index < -0.39 is 0 Å². The minimum absolute atomic E-state index is 0.0119. The molecule has 2 heterocycles. The number of hydrogen-bond acceptors (Lipinski definition) is 3. The maximum Gasteiger partial charge on any atom is 0.194 e. The molecule has 0 fully saturated rings. The normalized spacial score (nSPS) is 11.3. The van der Waals surface area contributed by atoms with Gasteiger partial charge in [0.1, 0.15) is 0 Å². The summed E-state index contributed by atoms with van der Waals surface area (Å²) < 4.78 is 2.02. The molecule has 1 aromatic carbocycles. The van der Waals surface area contributed by atoms with Gasteiger partial charge in [0.05, 0.1) is 6.33 Å². The molecule has 0 bridgehead atoms. The van der Waals surface area contributed by atoms with Crippen LogP contribution in [-0.4, -0.2) is 24.7 Å². The molecular formula is C17H17N3O2. The number of benzene rings is 1. The van der Waals surface area contributed by atoms with Crippen LogP contribution in [0.1, 0.15) is 16.7 Å². The van der Waals surface area contributed by atoms with Gasteiger partial charge in [-0.3, -0.25) is 4.98 Å². The SMILES string of the molecule is Oc1cc(CC=Cc2ccc(Cn3ccnc3)cc2)c(O)[nH]1. The summed E-state index contributed by atoms with van der Waals surface area (Å²) in [6.07, 6.45) is 10.0. The van der Waals surface area contributed by atoms with Crippen LogP contribution >= 0.6 is 0 Å². The number of hydrogen-bond donors (Lipinski definition) is 3. The van der Waals surface area contributed by atoms with Crippen LogP contribution < -0.4 is 0 Å². The fourth-order valence-electron chi connectivity index (χ4n) is 2.27. The molecule has 2 aromatic heterocycles. The van der Waals surface area contributed by atoms with Gasteiger partial charge in [0, 0.05) is 30.6 Å². The molecule has 0 aliphatic rings. The second-order valence-corrected chi connectivity index (χ2v) is 5.11. The van der Waals surface area contributed by atoms with Gasteiger partial charge in [-0.2, -0.15) is 0 Å². The number of allylic oxidation sites excluding steroid dienone is 1. The molecule has 5 nitrogen and oxygen atoms in total. The molecule has 0 unspecified atom stereocenters. The first kappa shape index (κ1) is 14.0. The molecule has 3 N–H and O–H groups in total. The Balaban J connectivity index is 1.61. The molecule has 0 aliphatic heterocycles. The summed E-state index contributed by atoms with van der Waals surface area (Å²) in [6.45, 7) is 0.806. The lowest BCUT2D eigenvalue weighted by atomic mass is 10.1. The summed E-state index contributed by atoms with van der Waals surface area (Å²) in [7, 11) is 0. The molecule has 0 saturated carbocycles. The summed E-state index contributed by atoms with van der Waals surface area (Å²) in [5.41, 5.74) is 2.97. The van der Waals surface area contributed by atoms with Crippen molar-refractivity contribution in [2.75, 3.05) is 0 Å². The van der Waals surface area contributed by atoms with E-state index >= 15 is 0 Å². The van der Waals surface area contributed by atoms with Crippen LogP contribution in [0.4, 0.5) is 0 Å². The standard InChI is InChI=1S/C17H17N3O2/c21-16-10-15(17(22)19-16)3-1-2-13-4-6-14(7-5-13)11-20-9-8-18-12-20/h1-2,4-10,12,19,21-22H,3,11H2. The van der Waals surface area contributed by atoms with Crippen molar-refractivity contribution in [3.05, 3.63) is 71.8 Å². The fraction of sp³-hybridized carbons (Fsp3) is 0.118. The van der Waals surface area contributed by atoms with Crippen molar-refractivity contribution in [2.24, 2.45) is 0 Å². The van der Waals surface area contributed by atoms with Gasteiger partial charge < -0.3 is 14.8 Å². The zero-order valence-electron chi connectivity index (χ0n) is 12.0. The fourth-order valence-corrected chi connectivity index (χ4v) is 2.27. The van der Waals surface area contributed by atoms with E-state index in [0.29, 0.717) is 12.0 Å². The van der Waals surface area contributed by atoms with Crippen molar-refractivity contribution in [3.63, 3.8) is 0 Å². The second-order valence-electron chi connectivity index (χ2n) is 5.11. The Labute approximate surface area is 128 Å². The quantitative estimate of drug-likeness (QED) is 0.677. The third kappa shape index (κ3) is 3.38. The first-order valence-corrected chi connectivity index (χ1v) is 7.02. The van der Waals surface area contributed by atoms with Gasteiger partial charge in [0.15, 0.2) is 11.8 Å². The number of nitrogens with one attached hydrogen (secondary N) is 1. The van der Waals surface area contributed by atoms with Gasteiger partial charge in [-0.1, -0.05) is 36.4 Å². The lowest BCUT2D eigenvalue weighted by Crippen LogP contribution is -1.95. The zero-order chi connectivity index (χ0) is 15.4. The van der Waals surface area contributed by atoms with Gasteiger partial charge in [0.2, 0.25) is 0 Å². The summed E-state index contributed by atoms with van der Waals surface area (Å²) in [5.74, 6) is -0.0115. The van der Waals surface area contributed by atoms with Crippen LogP contribution in [0.25, 0.3) is 6.08 Å². The highest BCUT2D eigenvalue weighted by molar-refractivity contribution is 5.51. The van der Waals surface area contributed by atoms with Crippen LogP contribution in [-0.2, 0) is 13.0 Å². The molecule has 22 heavy (non-hydrogen) atoms. The Morgan fingerprint density at radius 1 is 1.18 bits per heavy atom. The molecule has 0 spiro atoms. The average molecular weight is 295 g/mol. The number of rotatable bonds is 5. The van der Waals surface area contributed by atoms with E-state index in [-0.39, 0.29) is 11.8 Å². The topological polar surface area (TPSA) is 74.1 Å². The van der Waals surface area contributed by atoms with Gasteiger partial charge in [-0.15, -0.1) is 0 Å². The van der Waals surface area contributed by atoms with E-state index in [1.54, 1.807) is 12.5 Å². The van der Waals surface area contributed by atoms with E-state index in [1.165, 1.54) is 11.6 Å². The molecule has 0 radical (unpaired) electrons. The average Bonchev–Trinajstić information content (AvgIpc) is 3.11. The van der Waals surface area contributed by atoms with E-state index in [1.807, 2.05) is 22.9 Å². The van der Waals surface area contributed by atoms with E-state index in [0.717, 1.165) is 12.1 Å². The van der Waals surface area contributed by atoms with Crippen molar-refractivity contribution in [1.29, 1.82) is 0 Å². The molecule has 0 saturated heterocycles. The molecule has 3 aromatic rings. The van der Waals surface area contributed by atoms with Crippen LogP contribution in [0.5, 0.6) is 11.8 Å².